The summed E-state index contributed by atoms with van der Waals surface area (Å²) >= 11 is 0. The minimum atomic E-state index is -3.77. The molecule has 1 fully saturated rings. The SMILES string of the molecule is COc1ccc2c3c([nH]c2c1)[C@@H](CO)N(C)CC31CCN(S(=O)(=O)c2cccc(F)c2)CC1. The molecule has 3 heterocycles. The fourth-order valence-electron chi connectivity index (χ4n) is 5.60. The second kappa shape index (κ2) is 8.09. The first kappa shape index (κ1) is 22.3. The van der Waals surface area contributed by atoms with Gasteiger partial charge >= 0.3 is 0 Å². The number of aromatic nitrogens is 1. The van der Waals surface area contributed by atoms with Crippen LogP contribution in [0.3, 0.4) is 0 Å². The highest BCUT2D eigenvalue weighted by Crippen LogP contribution is 2.49. The molecule has 2 N–H and O–H groups in total. The number of fused-ring (bicyclic) bond motifs is 4. The second-order valence-corrected chi connectivity index (χ2v) is 11.0. The monoisotopic (exact) mass is 473 g/mol. The summed E-state index contributed by atoms with van der Waals surface area (Å²) in [4.78, 5) is 5.64. The second-order valence-electron chi connectivity index (χ2n) is 9.08. The lowest BCUT2D eigenvalue weighted by atomic mass is 9.68. The molecular formula is C24H28FN3O4S. The molecule has 0 unspecified atom stereocenters. The number of nitrogens with zero attached hydrogens (tertiary/aromatic N) is 2. The molecule has 2 aliphatic rings. The fourth-order valence-corrected chi connectivity index (χ4v) is 7.08. The van der Waals surface area contributed by atoms with Crippen LogP contribution >= 0.6 is 0 Å². The number of nitrogens with one attached hydrogen (secondary N) is 1. The highest BCUT2D eigenvalue weighted by atomic mass is 32.2. The third-order valence-corrected chi connectivity index (χ3v) is 9.16. The van der Waals surface area contributed by atoms with E-state index in [0.717, 1.165) is 35.0 Å². The number of methoxy groups -OCH3 is 1. The minimum Gasteiger partial charge on any atom is -0.497 e. The van der Waals surface area contributed by atoms with Crippen LogP contribution in [-0.4, -0.2) is 68.1 Å². The maximum absolute atomic E-state index is 13.7. The largest absolute Gasteiger partial charge is 0.497 e. The van der Waals surface area contributed by atoms with Crippen LogP contribution in [0, 0.1) is 5.82 Å². The summed E-state index contributed by atoms with van der Waals surface area (Å²) in [6.07, 6.45) is 1.27. The highest BCUT2D eigenvalue weighted by molar-refractivity contribution is 7.89. The van der Waals surface area contributed by atoms with Gasteiger partial charge in [0.25, 0.3) is 0 Å². The molecule has 1 aromatic heterocycles. The molecule has 9 heteroatoms. The molecule has 2 aromatic carbocycles. The number of ether oxygens (including phenoxy) is 1. The van der Waals surface area contributed by atoms with Gasteiger partial charge in [-0.05, 0) is 55.8 Å². The van der Waals surface area contributed by atoms with Gasteiger partial charge < -0.3 is 14.8 Å². The van der Waals surface area contributed by atoms with Gasteiger partial charge in [0.1, 0.15) is 11.6 Å². The Labute approximate surface area is 192 Å². The minimum absolute atomic E-state index is 0.0103. The zero-order chi connectivity index (χ0) is 23.4. The summed E-state index contributed by atoms with van der Waals surface area (Å²) in [5, 5.41) is 11.2. The van der Waals surface area contributed by atoms with Gasteiger partial charge in [-0.3, -0.25) is 4.90 Å². The van der Waals surface area contributed by atoms with Gasteiger partial charge in [-0.2, -0.15) is 4.31 Å². The summed E-state index contributed by atoms with van der Waals surface area (Å²) < 4.78 is 46.8. The molecule has 1 saturated heterocycles. The average Bonchev–Trinajstić information content (AvgIpc) is 3.19. The number of sulfonamides is 1. The first-order chi connectivity index (χ1) is 15.8. The standard InChI is InChI=1S/C24H28FN3O4S/c1-27-15-24(8-10-28(11-9-24)33(30,31)18-5-3-4-16(25)12-18)22-19-7-6-17(32-2)13-20(19)26-23(22)21(27)14-29/h3-7,12-13,21,26,29H,8-11,14-15H2,1-2H3/t21-/m1/s1. The van der Waals surface area contributed by atoms with Crippen LogP contribution in [-0.2, 0) is 15.4 Å². The van der Waals surface area contributed by atoms with Gasteiger partial charge in [0, 0.05) is 47.7 Å². The number of likely N-dealkylation sites (N-methyl/N-ethyl adjacent to an activating group) is 1. The molecule has 0 aliphatic carbocycles. The van der Waals surface area contributed by atoms with Crippen molar-refractivity contribution in [3.63, 3.8) is 0 Å². The number of aliphatic hydroxyl groups is 1. The van der Waals surface area contributed by atoms with E-state index in [1.165, 1.54) is 28.1 Å². The molecule has 176 valence electrons. The van der Waals surface area contributed by atoms with Crippen LogP contribution in [0.15, 0.2) is 47.4 Å². The lowest BCUT2D eigenvalue weighted by Gasteiger charge is -2.49. The number of rotatable bonds is 4. The van der Waals surface area contributed by atoms with E-state index in [9.17, 15) is 17.9 Å². The Morgan fingerprint density at radius 1 is 1.21 bits per heavy atom. The van der Waals surface area contributed by atoms with Crippen molar-refractivity contribution in [1.82, 2.24) is 14.2 Å². The van der Waals surface area contributed by atoms with Crippen LogP contribution < -0.4 is 4.74 Å². The lowest BCUT2D eigenvalue weighted by Crippen LogP contribution is -2.53. The van der Waals surface area contributed by atoms with Crippen LogP contribution in [0.1, 0.15) is 30.1 Å². The molecule has 1 atom stereocenters. The number of aliphatic hydroxyl groups excluding tert-OH is 1. The molecule has 3 aromatic rings. The Balaban J connectivity index is 1.53. The average molecular weight is 474 g/mol. The van der Waals surface area contributed by atoms with E-state index in [4.69, 9.17) is 4.74 Å². The molecule has 0 saturated carbocycles. The Morgan fingerprint density at radius 2 is 1.97 bits per heavy atom. The van der Waals surface area contributed by atoms with Crippen molar-refractivity contribution in [3.05, 3.63) is 59.5 Å². The summed E-state index contributed by atoms with van der Waals surface area (Å²) in [5.74, 6) is 0.187. The van der Waals surface area contributed by atoms with Gasteiger partial charge in [0.15, 0.2) is 0 Å². The summed E-state index contributed by atoms with van der Waals surface area (Å²) in [7, 11) is -0.146. The Bertz CT molecular complexity index is 1300. The van der Waals surface area contributed by atoms with E-state index in [0.29, 0.717) is 25.9 Å². The van der Waals surface area contributed by atoms with Crippen molar-refractivity contribution in [1.29, 1.82) is 0 Å². The van der Waals surface area contributed by atoms with E-state index in [-0.39, 0.29) is 23.0 Å². The van der Waals surface area contributed by atoms with Gasteiger partial charge in [0.2, 0.25) is 10.0 Å². The molecule has 7 nitrogen and oxygen atoms in total. The molecule has 33 heavy (non-hydrogen) atoms. The van der Waals surface area contributed by atoms with Gasteiger partial charge in [0.05, 0.1) is 24.7 Å². The molecule has 0 bridgehead atoms. The fraction of sp³-hybridized carbons (Fsp3) is 0.417. The number of piperidine rings is 1. The van der Waals surface area contributed by atoms with E-state index >= 15 is 0 Å². The Kier molecular flexibility index (Phi) is 5.48. The normalized spacial score (nSPS) is 21.4. The summed E-state index contributed by atoms with van der Waals surface area (Å²) in [6.45, 7) is 1.40. The van der Waals surface area contributed by atoms with E-state index in [1.54, 1.807) is 7.11 Å². The Hall–Kier alpha value is -2.46. The number of H-pyrrole nitrogens is 1. The van der Waals surface area contributed by atoms with E-state index in [1.807, 2.05) is 25.2 Å². The zero-order valence-corrected chi connectivity index (χ0v) is 19.5. The van der Waals surface area contributed by atoms with Crippen LogP contribution in [0.5, 0.6) is 5.75 Å². The number of benzene rings is 2. The topological polar surface area (TPSA) is 85.9 Å². The first-order valence-electron chi connectivity index (χ1n) is 11.1. The maximum atomic E-state index is 13.7. The third kappa shape index (κ3) is 3.54. The van der Waals surface area contributed by atoms with Crippen LogP contribution in [0.25, 0.3) is 10.9 Å². The van der Waals surface area contributed by atoms with Crippen molar-refractivity contribution >= 4 is 20.9 Å². The smallest absolute Gasteiger partial charge is 0.243 e. The van der Waals surface area contributed by atoms with E-state index < -0.39 is 15.8 Å². The quantitative estimate of drug-likeness (QED) is 0.609. The van der Waals surface area contributed by atoms with Gasteiger partial charge in [-0.15, -0.1) is 0 Å². The molecule has 0 amide bonds. The molecule has 1 spiro atoms. The van der Waals surface area contributed by atoms with Crippen molar-refractivity contribution in [2.24, 2.45) is 0 Å². The summed E-state index contributed by atoms with van der Waals surface area (Å²) in [6, 6.07) is 11.0. The number of hydrogen-bond donors (Lipinski definition) is 2. The lowest BCUT2D eigenvalue weighted by molar-refractivity contribution is 0.0797. The number of halogens is 1. The molecule has 2 aliphatic heterocycles. The van der Waals surface area contributed by atoms with Crippen molar-refractivity contribution in [3.8, 4) is 5.75 Å². The Morgan fingerprint density at radius 3 is 2.64 bits per heavy atom. The van der Waals surface area contributed by atoms with Crippen molar-refractivity contribution < 1.29 is 22.7 Å². The van der Waals surface area contributed by atoms with Crippen molar-refractivity contribution in [2.45, 2.75) is 29.2 Å². The predicted octanol–water partition coefficient (Wildman–Crippen LogP) is 3.02. The third-order valence-electron chi connectivity index (χ3n) is 7.27. The van der Waals surface area contributed by atoms with Crippen LogP contribution in [0.4, 0.5) is 4.39 Å². The molecule has 5 rings (SSSR count). The van der Waals surface area contributed by atoms with E-state index in [2.05, 4.69) is 9.88 Å². The molecular weight excluding hydrogens is 445 g/mol. The van der Waals surface area contributed by atoms with Crippen molar-refractivity contribution in [2.75, 3.05) is 40.4 Å². The first-order valence-corrected chi connectivity index (χ1v) is 12.5. The summed E-state index contributed by atoms with van der Waals surface area (Å²) in [5.41, 5.74) is 2.84. The van der Waals surface area contributed by atoms with Gasteiger partial charge in [-0.25, -0.2) is 12.8 Å². The predicted molar refractivity (Wildman–Crippen MR) is 123 cm³/mol. The molecule has 0 radical (unpaired) electrons. The number of hydrogen-bond acceptors (Lipinski definition) is 5. The van der Waals surface area contributed by atoms with Gasteiger partial charge in [-0.1, -0.05) is 6.07 Å². The zero-order valence-electron chi connectivity index (χ0n) is 18.7. The highest BCUT2D eigenvalue weighted by Gasteiger charge is 2.47. The number of aromatic amines is 1. The van der Waals surface area contributed by atoms with Crippen LogP contribution in [0.2, 0.25) is 0 Å². The maximum Gasteiger partial charge on any atom is 0.243 e.